The molecule has 0 saturated carbocycles. The number of alkyl halides is 3. The van der Waals surface area contributed by atoms with E-state index in [1.807, 2.05) is 20.8 Å². The summed E-state index contributed by atoms with van der Waals surface area (Å²) in [7, 11) is 0. The van der Waals surface area contributed by atoms with Crippen LogP contribution in [0.5, 0.6) is 0 Å². The predicted octanol–water partition coefficient (Wildman–Crippen LogP) is 2.76. The van der Waals surface area contributed by atoms with E-state index < -0.39 is 18.1 Å². The first kappa shape index (κ1) is 17.5. The van der Waals surface area contributed by atoms with Crippen LogP contribution in [0, 0.1) is 6.92 Å². The highest BCUT2D eigenvalue weighted by molar-refractivity contribution is 5.58. The lowest BCUT2D eigenvalue weighted by atomic mass is 9.95. The predicted molar refractivity (Wildman–Crippen MR) is 77.2 cm³/mol. The summed E-state index contributed by atoms with van der Waals surface area (Å²) in [5, 5.41) is 0. The summed E-state index contributed by atoms with van der Waals surface area (Å²) in [5.41, 5.74) is 2.53. The Hall–Kier alpha value is -1.57. The van der Waals surface area contributed by atoms with Crippen LogP contribution < -0.4 is 16.2 Å². The third kappa shape index (κ3) is 4.45. The summed E-state index contributed by atoms with van der Waals surface area (Å²) in [6, 6.07) is 0. The maximum absolute atomic E-state index is 12.7. The number of halogens is 3. The van der Waals surface area contributed by atoms with Crippen molar-refractivity contribution in [3.8, 4) is 0 Å². The second-order valence-electron chi connectivity index (χ2n) is 5.87. The molecular formula is C13H22F3N5. The molecule has 0 amide bonds. The average molecular weight is 305 g/mol. The highest BCUT2D eigenvalue weighted by atomic mass is 19.4. The van der Waals surface area contributed by atoms with Gasteiger partial charge in [0.2, 0.25) is 0 Å². The summed E-state index contributed by atoms with van der Waals surface area (Å²) in [6.07, 6.45) is -4.30. The van der Waals surface area contributed by atoms with Gasteiger partial charge < -0.3 is 10.3 Å². The normalized spacial score (nSPS) is 12.4. The smallest absolute Gasteiger partial charge is 0.347 e. The van der Waals surface area contributed by atoms with Crippen LogP contribution in [0.25, 0.3) is 0 Å². The summed E-state index contributed by atoms with van der Waals surface area (Å²) < 4.78 is 38.1. The summed E-state index contributed by atoms with van der Waals surface area (Å²) >= 11 is 0. The van der Waals surface area contributed by atoms with Crippen molar-refractivity contribution in [3.05, 3.63) is 11.4 Å². The summed E-state index contributed by atoms with van der Waals surface area (Å²) in [4.78, 5) is 9.78. The van der Waals surface area contributed by atoms with Gasteiger partial charge in [0.05, 0.1) is 0 Å². The van der Waals surface area contributed by atoms with E-state index in [9.17, 15) is 13.2 Å². The number of nitrogen functional groups attached to an aromatic ring is 1. The largest absolute Gasteiger partial charge is 0.405 e. The molecule has 5 nitrogen and oxygen atoms in total. The minimum atomic E-state index is -4.30. The molecule has 0 unspecified atom stereocenters. The molecule has 0 spiro atoms. The third-order valence-electron chi connectivity index (χ3n) is 2.98. The number of rotatable bonds is 4. The van der Waals surface area contributed by atoms with Crippen molar-refractivity contribution in [3.63, 3.8) is 0 Å². The summed E-state index contributed by atoms with van der Waals surface area (Å²) in [5.74, 6) is 6.45. The maximum Gasteiger partial charge on any atom is 0.405 e. The quantitative estimate of drug-likeness (QED) is 0.661. The van der Waals surface area contributed by atoms with Crippen molar-refractivity contribution in [2.75, 3.05) is 23.4 Å². The molecule has 8 heteroatoms. The number of hydrogen-bond donors (Lipinski definition) is 2. The fraction of sp³-hybridized carbons (Fsp3) is 0.692. The Labute approximate surface area is 122 Å². The van der Waals surface area contributed by atoms with E-state index in [1.54, 1.807) is 13.8 Å². The van der Waals surface area contributed by atoms with Crippen LogP contribution in [0.2, 0.25) is 0 Å². The third-order valence-corrected chi connectivity index (χ3v) is 2.98. The van der Waals surface area contributed by atoms with Gasteiger partial charge in [-0.2, -0.15) is 13.2 Å². The monoisotopic (exact) mass is 305 g/mol. The van der Waals surface area contributed by atoms with E-state index in [-0.39, 0.29) is 12.4 Å². The Morgan fingerprint density at radius 1 is 1.19 bits per heavy atom. The van der Waals surface area contributed by atoms with Crippen LogP contribution in [-0.2, 0) is 5.41 Å². The molecule has 0 aliphatic heterocycles. The number of aromatic nitrogens is 2. The van der Waals surface area contributed by atoms with E-state index in [2.05, 4.69) is 15.4 Å². The lowest BCUT2D eigenvalue weighted by molar-refractivity contribution is -0.119. The zero-order valence-corrected chi connectivity index (χ0v) is 13.0. The van der Waals surface area contributed by atoms with Crippen molar-refractivity contribution in [1.29, 1.82) is 0 Å². The molecule has 0 aliphatic carbocycles. The van der Waals surface area contributed by atoms with Crippen LogP contribution in [0.15, 0.2) is 0 Å². The molecule has 1 rings (SSSR count). The number of hydrazine groups is 1. The molecule has 0 fully saturated rings. The van der Waals surface area contributed by atoms with Gasteiger partial charge in [0.25, 0.3) is 0 Å². The number of hydrogen-bond acceptors (Lipinski definition) is 5. The van der Waals surface area contributed by atoms with E-state index in [0.29, 0.717) is 17.2 Å². The van der Waals surface area contributed by atoms with Gasteiger partial charge in [-0.3, -0.25) is 0 Å². The van der Waals surface area contributed by atoms with Crippen LogP contribution >= 0.6 is 0 Å². The lowest BCUT2D eigenvalue weighted by Gasteiger charge is -2.28. The van der Waals surface area contributed by atoms with Crippen molar-refractivity contribution in [1.82, 2.24) is 9.97 Å². The van der Waals surface area contributed by atoms with Crippen LogP contribution in [0.4, 0.5) is 24.8 Å². The molecule has 120 valence electrons. The SMILES string of the molecule is CCN(CC(F)(F)F)c1nc(C(C)(C)C)nc(NN)c1C. The zero-order chi connectivity index (χ0) is 16.4. The Bertz CT molecular complexity index is 494. The molecule has 0 aromatic carbocycles. The highest BCUT2D eigenvalue weighted by Gasteiger charge is 2.32. The van der Waals surface area contributed by atoms with Crippen LogP contribution in [0.3, 0.4) is 0 Å². The molecule has 1 aromatic rings. The Morgan fingerprint density at radius 3 is 2.14 bits per heavy atom. The van der Waals surface area contributed by atoms with Crippen molar-refractivity contribution in [2.45, 2.75) is 46.2 Å². The first-order valence-corrected chi connectivity index (χ1v) is 6.67. The topological polar surface area (TPSA) is 67.1 Å². The van der Waals surface area contributed by atoms with E-state index >= 15 is 0 Å². The lowest BCUT2D eigenvalue weighted by Crippen LogP contribution is -2.36. The summed E-state index contributed by atoms with van der Waals surface area (Å²) in [6.45, 7) is 8.10. The van der Waals surface area contributed by atoms with E-state index in [1.165, 1.54) is 4.90 Å². The maximum atomic E-state index is 12.7. The molecule has 0 bridgehead atoms. The molecule has 0 aliphatic rings. The number of nitrogens with zero attached hydrogens (tertiary/aromatic N) is 3. The Morgan fingerprint density at radius 2 is 1.76 bits per heavy atom. The standard InChI is InChI=1S/C13H22F3N5/c1-6-21(7-13(14,15)16)10-8(2)9(20-17)18-11(19-10)12(3,4)5/h6-7,17H2,1-5H3,(H,18,19,20). The number of anilines is 2. The Kier molecular flexibility index (Phi) is 5.03. The van der Waals surface area contributed by atoms with Gasteiger partial charge in [0.1, 0.15) is 24.0 Å². The van der Waals surface area contributed by atoms with Crippen LogP contribution in [0.1, 0.15) is 39.1 Å². The minimum Gasteiger partial charge on any atom is -0.347 e. The molecule has 1 heterocycles. The number of nitrogens with one attached hydrogen (secondary N) is 1. The first-order valence-electron chi connectivity index (χ1n) is 6.67. The van der Waals surface area contributed by atoms with E-state index in [4.69, 9.17) is 5.84 Å². The molecule has 0 saturated heterocycles. The zero-order valence-electron chi connectivity index (χ0n) is 13.0. The second kappa shape index (κ2) is 6.05. The fourth-order valence-corrected chi connectivity index (χ4v) is 1.84. The first-order chi connectivity index (χ1) is 9.49. The Balaban J connectivity index is 3.38. The molecular weight excluding hydrogens is 283 g/mol. The van der Waals surface area contributed by atoms with Crippen molar-refractivity contribution in [2.24, 2.45) is 5.84 Å². The molecule has 1 aromatic heterocycles. The van der Waals surface area contributed by atoms with Gasteiger partial charge in [-0.05, 0) is 13.8 Å². The molecule has 0 atom stereocenters. The van der Waals surface area contributed by atoms with Crippen LogP contribution in [-0.4, -0.2) is 29.2 Å². The van der Waals surface area contributed by atoms with E-state index in [0.717, 1.165) is 0 Å². The van der Waals surface area contributed by atoms with Gasteiger partial charge in [-0.25, -0.2) is 15.8 Å². The van der Waals surface area contributed by atoms with Gasteiger partial charge in [-0.15, -0.1) is 0 Å². The van der Waals surface area contributed by atoms with Crippen molar-refractivity contribution < 1.29 is 13.2 Å². The molecule has 21 heavy (non-hydrogen) atoms. The van der Waals surface area contributed by atoms with Gasteiger partial charge in [0, 0.05) is 17.5 Å². The van der Waals surface area contributed by atoms with Gasteiger partial charge >= 0.3 is 6.18 Å². The molecule has 0 radical (unpaired) electrons. The molecule has 3 N–H and O–H groups in total. The van der Waals surface area contributed by atoms with Gasteiger partial charge in [0.15, 0.2) is 0 Å². The highest BCUT2D eigenvalue weighted by Crippen LogP contribution is 2.29. The minimum absolute atomic E-state index is 0.185. The fourth-order valence-electron chi connectivity index (χ4n) is 1.84. The average Bonchev–Trinajstić information content (AvgIpc) is 2.34. The van der Waals surface area contributed by atoms with Crippen molar-refractivity contribution >= 4 is 11.6 Å². The van der Waals surface area contributed by atoms with Gasteiger partial charge in [-0.1, -0.05) is 20.8 Å². The number of nitrogens with two attached hydrogens (primary N) is 1. The second-order valence-corrected chi connectivity index (χ2v) is 5.87.